The summed E-state index contributed by atoms with van der Waals surface area (Å²) in [6.07, 6.45) is 0.577. The van der Waals surface area contributed by atoms with Gasteiger partial charge in [-0.3, -0.25) is 14.4 Å². The Bertz CT molecular complexity index is 1050. The quantitative estimate of drug-likeness (QED) is 0.312. The van der Waals surface area contributed by atoms with Gasteiger partial charge in [-0.05, 0) is 55.3 Å². The van der Waals surface area contributed by atoms with Crippen molar-refractivity contribution < 1.29 is 29.7 Å². The van der Waals surface area contributed by atoms with Crippen LogP contribution in [0.4, 0.5) is 0 Å². The molecular weight excluding hydrogens is 436 g/mol. The fraction of sp³-hybridized carbons (Fsp3) is 0.346. The molecule has 4 N–H and O–H groups in total. The van der Waals surface area contributed by atoms with Gasteiger partial charge in [0.25, 0.3) is 11.8 Å². The van der Waals surface area contributed by atoms with E-state index in [2.05, 4.69) is 17.2 Å². The highest BCUT2D eigenvalue weighted by atomic mass is 16.3. The normalized spacial score (nSPS) is 12.3. The number of ketones is 1. The van der Waals surface area contributed by atoms with Crippen LogP contribution in [0.25, 0.3) is 0 Å². The van der Waals surface area contributed by atoms with E-state index in [-0.39, 0.29) is 24.7 Å². The summed E-state index contributed by atoms with van der Waals surface area (Å²) in [6, 6.07) is 14.0. The molecule has 0 spiro atoms. The first-order valence-corrected chi connectivity index (χ1v) is 10.8. The highest BCUT2D eigenvalue weighted by Gasteiger charge is 2.46. The molecule has 0 aromatic heterocycles. The zero-order valence-corrected chi connectivity index (χ0v) is 19.5. The SMILES string of the molecule is CNC(=O)[C@@](C)(C(=O)CO)N(C)C(=O)c1ccc(C#Cc2ccc(CC(CO)CO)cc2)cc1. The van der Waals surface area contributed by atoms with Crippen LogP contribution in [0.2, 0.25) is 0 Å². The van der Waals surface area contributed by atoms with Gasteiger partial charge >= 0.3 is 0 Å². The molecule has 0 aliphatic heterocycles. The molecule has 0 aliphatic rings. The number of nitrogens with one attached hydrogen (secondary N) is 1. The monoisotopic (exact) mass is 466 g/mol. The molecule has 8 nitrogen and oxygen atoms in total. The number of aliphatic hydroxyl groups is 3. The Balaban J connectivity index is 2.15. The van der Waals surface area contributed by atoms with Gasteiger partial charge in [0.15, 0.2) is 11.3 Å². The zero-order chi connectivity index (χ0) is 25.3. The Hall–Kier alpha value is -3.51. The average molecular weight is 467 g/mol. The minimum atomic E-state index is -1.85. The largest absolute Gasteiger partial charge is 0.396 e. The van der Waals surface area contributed by atoms with Crippen LogP contribution in [-0.2, 0) is 16.0 Å². The maximum absolute atomic E-state index is 12.9. The molecule has 180 valence electrons. The van der Waals surface area contributed by atoms with Crippen LogP contribution in [-0.4, -0.2) is 77.3 Å². The van der Waals surface area contributed by atoms with E-state index in [1.807, 2.05) is 24.3 Å². The van der Waals surface area contributed by atoms with Crippen molar-refractivity contribution in [2.45, 2.75) is 18.9 Å². The number of carbonyl (C=O) groups excluding carboxylic acids is 3. The average Bonchev–Trinajstić information content (AvgIpc) is 2.89. The molecule has 0 aliphatic carbocycles. The number of likely N-dealkylation sites (N-methyl/N-ethyl adjacent to an activating group) is 2. The first-order valence-electron chi connectivity index (χ1n) is 10.8. The summed E-state index contributed by atoms with van der Waals surface area (Å²) in [4.78, 5) is 38.5. The van der Waals surface area contributed by atoms with Gasteiger partial charge in [-0.2, -0.15) is 0 Å². The van der Waals surface area contributed by atoms with Crippen molar-refractivity contribution in [3.8, 4) is 11.8 Å². The minimum Gasteiger partial charge on any atom is -0.396 e. The molecule has 2 aromatic carbocycles. The number of hydrogen-bond acceptors (Lipinski definition) is 6. The molecule has 0 heterocycles. The Morgan fingerprint density at radius 3 is 1.88 bits per heavy atom. The van der Waals surface area contributed by atoms with Crippen molar-refractivity contribution >= 4 is 17.6 Å². The van der Waals surface area contributed by atoms with E-state index in [4.69, 9.17) is 0 Å². The van der Waals surface area contributed by atoms with Crippen molar-refractivity contribution in [2.24, 2.45) is 5.92 Å². The maximum Gasteiger partial charge on any atom is 0.254 e. The Morgan fingerprint density at radius 2 is 1.44 bits per heavy atom. The smallest absolute Gasteiger partial charge is 0.254 e. The van der Waals surface area contributed by atoms with E-state index in [0.717, 1.165) is 16.0 Å². The van der Waals surface area contributed by atoms with E-state index >= 15 is 0 Å². The molecule has 0 unspecified atom stereocenters. The van der Waals surface area contributed by atoms with Crippen LogP contribution in [0.1, 0.15) is 34.0 Å². The molecule has 2 aromatic rings. The van der Waals surface area contributed by atoms with Crippen molar-refractivity contribution in [3.05, 3.63) is 70.8 Å². The molecular formula is C26H30N2O6. The van der Waals surface area contributed by atoms with Crippen molar-refractivity contribution in [1.29, 1.82) is 0 Å². The van der Waals surface area contributed by atoms with Gasteiger partial charge < -0.3 is 25.5 Å². The van der Waals surface area contributed by atoms with Gasteiger partial charge in [0.1, 0.15) is 6.61 Å². The van der Waals surface area contributed by atoms with Crippen LogP contribution in [0.5, 0.6) is 0 Å². The molecule has 0 saturated carbocycles. The van der Waals surface area contributed by atoms with E-state index in [0.29, 0.717) is 12.0 Å². The summed E-state index contributed by atoms with van der Waals surface area (Å²) in [5.74, 6) is 3.84. The van der Waals surface area contributed by atoms with Crippen LogP contribution in [0.15, 0.2) is 48.5 Å². The number of Topliss-reactive ketones (excluding diaryl/α,β-unsaturated/α-hetero) is 1. The third-order valence-electron chi connectivity index (χ3n) is 5.81. The number of carbonyl (C=O) groups is 3. The minimum absolute atomic E-state index is 0.0743. The first-order chi connectivity index (χ1) is 16.2. The van der Waals surface area contributed by atoms with Crippen LogP contribution < -0.4 is 5.32 Å². The molecule has 0 bridgehead atoms. The predicted molar refractivity (Wildman–Crippen MR) is 127 cm³/mol. The number of nitrogens with zero attached hydrogens (tertiary/aromatic N) is 1. The molecule has 0 saturated heterocycles. The highest BCUT2D eigenvalue weighted by molar-refractivity contribution is 6.14. The van der Waals surface area contributed by atoms with Gasteiger partial charge in [0.2, 0.25) is 0 Å². The van der Waals surface area contributed by atoms with E-state index in [9.17, 15) is 29.7 Å². The second-order valence-corrected chi connectivity index (χ2v) is 8.06. The van der Waals surface area contributed by atoms with Crippen LogP contribution in [0.3, 0.4) is 0 Å². The number of aliphatic hydroxyl groups excluding tert-OH is 3. The predicted octanol–water partition coefficient (Wildman–Crippen LogP) is 0.368. The van der Waals surface area contributed by atoms with Gasteiger partial charge in [0, 0.05) is 49.9 Å². The summed E-state index contributed by atoms with van der Waals surface area (Å²) >= 11 is 0. The number of rotatable bonds is 9. The number of benzene rings is 2. The summed E-state index contributed by atoms with van der Waals surface area (Å²) in [7, 11) is 2.69. The molecule has 0 radical (unpaired) electrons. The fourth-order valence-electron chi connectivity index (χ4n) is 3.34. The van der Waals surface area contributed by atoms with Crippen molar-refractivity contribution in [1.82, 2.24) is 10.2 Å². The first kappa shape index (κ1) is 26.7. The molecule has 1 atom stereocenters. The standard InChI is InChI=1S/C26H30N2O6/c1-26(23(32)17-31,25(34)27-2)28(3)24(33)22-12-10-19(11-13-22)5-4-18-6-8-20(9-7-18)14-21(15-29)16-30/h6-13,21,29-31H,14-17H2,1-3H3,(H,27,34)/t26-/m1/s1. The van der Waals surface area contributed by atoms with Gasteiger partial charge in [0.05, 0.1) is 0 Å². The second-order valence-electron chi connectivity index (χ2n) is 8.06. The molecule has 8 heteroatoms. The molecule has 34 heavy (non-hydrogen) atoms. The zero-order valence-electron chi connectivity index (χ0n) is 19.5. The van der Waals surface area contributed by atoms with Crippen molar-refractivity contribution in [3.63, 3.8) is 0 Å². The van der Waals surface area contributed by atoms with Crippen molar-refractivity contribution in [2.75, 3.05) is 33.9 Å². The maximum atomic E-state index is 12.9. The van der Waals surface area contributed by atoms with E-state index in [1.54, 1.807) is 24.3 Å². The number of amides is 2. The third kappa shape index (κ3) is 6.08. The summed E-state index contributed by atoms with van der Waals surface area (Å²) < 4.78 is 0. The Morgan fingerprint density at radius 1 is 0.941 bits per heavy atom. The van der Waals surface area contributed by atoms with Gasteiger partial charge in [-0.25, -0.2) is 0 Å². The lowest BCUT2D eigenvalue weighted by Crippen LogP contribution is -2.62. The van der Waals surface area contributed by atoms with E-state index in [1.165, 1.54) is 21.0 Å². The van der Waals surface area contributed by atoms with E-state index < -0.39 is 29.7 Å². The summed E-state index contributed by atoms with van der Waals surface area (Å²) in [5.41, 5.74) is 0.871. The number of hydrogen-bond donors (Lipinski definition) is 4. The van der Waals surface area contributed by atoms with Gasteiger partial charge in [-0.1, -0.05) is 24.0 Å². The Kier molecular flexibility index (Phi) is 9.51. The fourth-order valence-corrected chi connectivity index (χ4v) is 3.34. The lowest BCUT2D eigenvalue weighted by atomic mass is 9.92. The lowest BCUT2D eigenvalue weighted by Gasteiger charge is -2.35. The molecule has 2 amide bonds. The lowest BCUT2D eigenvalue weighted by molar-refractivity contribution is -0.143. The second kappa shape index (κ2) is 12.1. The third-order valence-corrected chi connectivity index (χ3v) is 5.81. The summed E-state index contributed by atoms with van der Waals surface area (Å²) in [5, 5.41) is 30.0. The highest BCUT2D eigenvalue weighted by Crippen LogP contribution is 2.19. The van der Waals surface area contributed by atoms with Crippen LogP contribution >= 0.6 is 0 Å². The topological polar surface area (TPSA) is 127 Å². The van der Waals surface area contributed by atoms with Gasteiger partial charge in [-0.15, -0.1) is 0 Å². The van der Waals surface area contributed by atoms with Crippen LogP contribution in [0, 0.1) is 17.8 Å². The summed E-state index contributed by atoms with van der Waals surface area (Å²) in [6.45, 7) is 0.270. The molecule has 0 fully saturated rings. The molecule has 2 rings (SSSR count). The Labute approximate surface area is 199 Å².